The summed E-state index contributed by atoms with van der Waals surface area (Å²) < 4.78 is 5.92. The van der Waals surface area contributed by atoms with Gasteiger partial charge in [-0.2, -0.15) is 0 Å². The Labute approximate surface area is 139 Å². The number of nitrogens with zero attached hydrogens (tertiary/aromatic N) is 1. The van der Waals surface area contributed by atoms with Crippen LogP contribution in [-0.2, 0) is 6.42 Å². The summed E-state index contributed by atoms with van der Waals surface area (Å²) in [5.74, 6) is 0.967. The van der Waals surface area contributed by atoms with Gasteiger partial charge in [0.1, 0.15) is 5.75 Å². The topological polar surface area (TPSA) is 12.5 Å². The van der Waals surface area contributed by atoms with E-state index < -0.39 is 0 Å². The Balaban J connectivity index is 0.000000433. The summed E-state index contributed by atoms with van der Waals surface area (Å²) in [7, 11) is 6.00. The Morgan fingerprint density at radius 3 is 2.09 bits per heavy atom. The van der Waals surface area contributed by atoms with Crippen molar-refractivity contribution in [1.82, 2.24) is 4.90 Å². The molecule has 0 saturated heterocycles. The Bertz CT molecular complexity index is 699. The van der Waals surface area contributed by atoms with Crippen LogP contribution in [0.15, 0.2) is 72.8 Å². The Kier molecular flexibility index (Phi) is 6.64. The van der Waals surface area contributed by atoms with Crippen LogP contribution in [0.25, 0.3) is 10.8 Å². The molecule has 0 aliphatic heterocycles. The fraction of sp³-hybridized carbons (Fsp3) is 0.238. The van der Waals surface area contributed by atoms with Crippen LogP contribution in [0, 0.1) is 0 Å². The van der Waals surface area contributed by atoms with Crippen LogP contribution in [-0.4, -0.2) is 32.6 Å². The molecule has 3 aromatic carbocycles. The molecule has 23 heavy (non-hydrogen) atoms. The van der Waals surface area contributed by atoms with Gasteiger partial charge in [0.2, 0.25) is 0 Å². The van der Waals surface area contributed by atoms with E-state index in [0.717, 1.165) is 12.2 Å². The zero-order valence-corrected chi connectivity index (χ0v) is 14.2. The molecule has 0 aliphatic carbocycles. The molecule has 0 spiro atoms. The van der Waals surface area contributed by atoms with Crippen molar-refractivity contribution >= 4 is 10.8 Å². The Morgan fingerprint density at radius 1 is 0.739 bits per heavy atom. The Morgan fingerprint density at radius 2 is 1.35 bits per heavy atom. The van der Waals surface area contributed by atoms with Crippen molar-refractivity contribution in [3.63, 3.8) is 0 Å². The van der Waals surface area contributed by atoms with Gasteiger partial charge in [0.05, 0.1) is 6.61 Å². The molecule has 0 heterocycles. The predicted molar refractivity (Wildman–Crippen MR) is 99.2 cm³/mol. The van der Waals surface area contributed by atoms with Crippen molar-refractivity contribution in [2.45, 2.75) is 6.42 Å². The molecule has 0 aromatic heterocycles. The van der Waals surface area contributed by atoms with E-state index in [2.05, 4.69) is 48.5 Å². The molecule has 0 bridgehead atoms. The maximum Gasteiger partial charge on any atom is 0.127 e. The quantitative estimate of drug-likeness (QED) is 0.696. The third-order valence-electron chi connectivity index (χ3n) is 3.24. The summed E-state index contributed by atoms with van der Waals surface area (Å²) in [6.45, 7) is 0.706. The van der Waals surface area contributed by atoms with E-state index in [4.69, 9.17) is 4.74 Å². The van der Waals surface area contributed by atoms with Crippen LogP contribution in [0.3, 0.4) is 0 Å². The maximum absolute atomic E-state index is 5.92. The lowest BCUT2D eigenvalue weighted by Gasteiger charge is -2.09. The van der Waals surface area contributed by atoms with Gasteiger partial charge in [-0.1, -0.05) is 66.7 Å². The predicted octanol–water partition coefficient (Wildman–Crippen LogP) is 4.64. The number of rotatable bonds is 4. The lowest BCUT2D eigenvalue weighted by molar-refractivity contribution is 0.326. The van der Waals surface area contributed by atoms with Gasteiger partial charge in [-0.25, -0.2) is 0 Å². The van der Waals surface area contributed by atoms with Crippen LogP contribution < -0.4 is 4.74 Å². The van der Waals surface area contributed by atoms with E-state index in [-0.39, 0.29) is 0 Å². The van der Waals surface area contributed by atoms with Crippen LogP contribution in [0.2, 0.25) is 0 Å². The molecule has 0 aliphatic rings. The zero-order chi connectivity index (χ0) is 16.5. The van der Waals surface area contributed by atoms with Crippen molar-refractivity contribution in [1.29, 1.82) is 0 Å². The number of benzene rings is 3. The van der Waals surface area contributed by atoms with E-state index in [1.54, 1.807) is 0 Å². The van der Waals surface area contributed by atoms with Crippen LogP contribution in [0.1, 0.15) is 5.56 Å². The standard InChI is InChI=1S/C18H16O.C3H9N/c1-2-7-15(8-3-1)13-14-19-18-12-6-10-16-9-4-5-11-17(16)18;1-4(2)3/h1-12H,13-14H2;1-3H3. The second-order valence-electron chi connectivity index (χ2n) is 5.90. The third kappa shape index (κ3) is 5.76. The van der Waals surface area contributed by atoms with Gasteiger partial charge in [-0.05, 0) is 38.2 Å². The number of ether oxygens (including phenoxy) is 1. The first-order valence-corrected chi connectivity index (χ1v) is 7.92. The largest absolute Gasteiger partial charge is 0.493 e. The molecule has 2 nitrogen and oxygen atoms in total. The molecule has 0 atom stereocenters. The lowest BCUT2D eigenvalue weighted by Crippen LogP contribution is -2.01. The summed E-state index contributed by atoms with van der Waals surface area (Å²) in [5.41, 5.74) is 1.31. The molecule has 3 aromatic rings. The average molecular weight is 307 g/mol. The van der Waals surface area contributed by atoms with Gasteiger partial charge in [0.25, 0.3) is 0 Å². The maximum atomic E-state index is 5.92. The minimum atomic E-state index is 0.706. The van der Waals surface area contributed by atoms with E-state index in [1.165, 1.54) is 16.3 Å². The minimum absolute atomic E-state index is 0.706. The first kappa shape index (κ1) is 17.0. The summed E-state index contributed by atoms with van der Waals surface area (Å²) in [6.07, 6.45) is 0.935. The van der Waals surface area contributed by atoms with Gasteiger partial charge in [0, 0.05) is 11.8 Å². The van der Waals surface area contributed by atoms with Gasteiger partial charge < -0.3 is 9.64 Å². The van der Waals surface area contributed by atoms with Gasteiger partial charge in [0.15, 0.2) is 0 Å². The van der Waals surface area contributed by atoms with Crippen LogP contribution in [0.4, 0.5) is 0 Å². The minimum Gasteiger partial charge on any atom is -0.493 e. The van der Waals surface area contributed by atoms with E-state index in [9.17, 15) is 0 Å². The van der Waals surface area contributed by atoms with E-state index >= 15 is 0 Å². The monoisotopic (exact) mass is 307 g/mol. The van der Waals surface area contributed by atoms with Crippen molar-refractivity contribution in [3.8, 4) is 5.75 Å². The molecule has 0 N–H and O–H groups in total. The summed E-state index contributed by atoms with van der Waals surface area (Å²) >= 11 is 0. The zero-order valence-electron chi connectivity index (χ0n) is 14.2. The number of fused-ring (bicyclic) bond motifs is 1. The molecule has 0 unspecified atom stereocenters. The van der Waals surface area contributed by atoms with E-state index in [1.807, 2.05) is 50.3 Å². The fourth-order valence-corrected chi connectivity index (χ4v) is 2.25. The van der Waals surface area contributed by atoms with E-state index in [0.29, 0.717) is 6.61 Å². The average Bonchev–Trinajstić information content (AvgIpc) is 2.56. The van der Waals surface area contributed by atoms with Gasteiger partial charge in [-0.3, -0.25) is 0 Å². The highest BCUT2D eigenvalue weighted by atomic mass is 16.5. The SMILES string of the molecule is CN(C)C.c1ccc(CCOc2cccc3ccccc23)cc1. The van der Waals surface area contributed by atoms with Crippen molar-refractivity contribution in [2.75, 3.05) is 27.7 Å². The second-order valence-corrected chi connectivity index (χ2v) is 5.90. The third-order valence-corrected chi connectivity index (χ3v) is 3.24. The molecular weight excluding hydrogens is 282 g/mol. The molecule has 0 saturated carbocycles. The molecule has 120 valence electrons. The fourth-order valence-electron chi connectivity index (χ4n) is 2.25. The van der Waals surface area contributed by atoms with Crippen LogP contribution in [0.5, 0.6) is 5.75 Å². The van der Waals surface area contributed by atoms with Crippen LogP contribution >= 0.6 is 0 Å². The molecule has 0 radical (unpaired) electrons. The Hall–Kier alpha value is -2.32. The second kappa shape index (κ2) is 8.96. The van der Waals surface area contributed by atoms with Crippen molar-refractivity contribution in [2.24, 2.45) is 0 Å². The number of hydrogen-bond acceptors (Lipinski definition) is 2. The molecule has 0 fully saturated rings. The smallest absolute Gasteiger partial charge is 0.127 e. The summed E-state index contributed by atoms with van der Waals surface area (Å²) in [6, 6.07) is 24.9. The molecule has 3 rings (SSSR count). The highest BCUT2D eigenvalue weighted by Gasteiger charge is 2.01. The molecular formula is C21H25NO. The van der Waals surface area contributed by atoms with Crippen molar-refractivity contribution in [3.05, 3.63) is 78.4 Å². The first-order valence-electron chi connectivity index (χ1n) is 7.92. The summed E-state index contributed by atoms with van der Waals surface area (Å²) in [4.78, 5) is 2.00. The molecule has 2 heteroatoms. The molecule has 0 amide bonds. The van der Waals surface area contributed by atoms with Gasteiger partial charge >= 0.3 is 0 Å². The van der Waals surface area contributed by atoms with Crippen molar-refractivity contribution < 1.29 is 4.74 Å². The highest BCUT2D eigenvalue weighted by molar-refractivity contribution is 5.88. The summed E-state index contributed by atoms with van der Waals surface area (Å²) in [5, 5.41) is 2.40. The lowest BCUT2D eigenvalue weighted by atomic mass is 10.1. The first-order chi connectivity index (χ1) is 11.2. The number of hydrogen-bond donors (Lipinski definition) is 0. The highest BCUT2D eigenvalue weighted by Crippen LogP contribution is 2.25. The normalized spacial score (nSPS) is 10.3. The van der Waals surface area contributed by atoms with Gasteiger partial charge in [-0.15, -0.1) is 0 Å².